The summed E-state index contributed by atoms with van der Waals surface area (Å²) in [7, 11) is 1.64. The van der Waals surface area contributed by atoms with Crippen molar-refractivity contribution in [1.82, 2.24) is 35.7 Å². The molecule has 15 nitrogen and oxygen atoms in total. The number of fused-ring (bicyclic) bond motifs is 1. The summed E-state index contributed by atoms with van der Waals surface area (Å²) in [4.78, 5) is 62.8. The van der Waals surface area contributed by atoms with E-state index in [0.29, 0.717) is 16.3 Å². The van der Waals surface area contributed by atoms with E-state index in [-0.39, 0.29) is 76.3 Å². The minimum absolute atomic E-state index is 0. The molecule has 5 atom stereocenters. The standard InChI is InChI=1S/C22H21N7O8S2.2Na/c1-28-22(25-26-27-28)39-8-10-7-38-19-12(18(32)29(19)13(10)20(33)34)24-16(30)11(9-5-3-2-4-6-9)23-17(31)14-15(37-14)21(35)36;;/h2-6,11-12,14-15,19H,7-8H2,1H3,(H,23,31)(H,24,30)(H,33,34)(H,35,36);;/q;2*+1/p-2/t11-,12-,14+,15+,19-;;/m1../s1. The van der Waals surface area contributed by atoms with Crippen molar-refractivity contribution in [3.05, 3.63) is 47.2 Å². The van der Waals surface area contributed by atoms with Crippen molar-refractivity contribution in [2.75, 3.05) is 11.5 Å². The quantitative estimate of drug-likeness (QED) is 0.110. The number of epoxide rings is 1. The van der Waals surface area contributed by atoms with Gasteiger partial charge in [-0.3, -0.25) is 19.3 Å². The van der Waals surface area contributed by atoms with Gasteiger partial charge in [0.05, 0.1) is 17.6 Å². The summed E-state index contributed by atoms with van der Waals surface area (Å²) in [6.45, 7) is 0. The van der Waals surface area contributed by atoms with E-state index in [1.165, 1.54) is 28.2 Å². The SMILES string of the molecule is Cn1nnnc1SCC1=C(C(=O)[O-])N2C(=O)[C@@H](NC(=O)[C@H](NC(=O)[C@H]3O[C@@H]3C(=O)[O-])c3ccccc3)[C@H]2SC1.[Na+].[Na+]. The van der Waals surface area contributed by atoms with E-state index in [1.54, 1.807) is 37.4 Å². The summed E-state index contributed by atoms with van der Waals surface area (Å²) < 4.78 is 6.23. The fourth-order valence-electron chi connectivity index (χ4n) is 4.18. The number of aromatic nitrogens is 4. The minimum atomic E-state index is -1.55. The van der Waals surface area contributed by atoms with Gasteiger partial charge in [0.1, 0.15) is 23.6 Å². The number of carboxylic acid groups (broad SMARTS) is 2. The van der Waals surface area contributed by atoms with Gasteiger partial charge in [0.15, 0.2) is 6.10 Å². The molecule has 1 aromatic carbocycles. The Kier molecular flexibility index (Phi) is 11.5. The number of thioether (sulfide) groups is 2. The average molecular weight is 620 g/mol. The zero-order chi connectivity index (χ0) is 27.8. The number of benzene rings is 1. The van der Waals surface area contributed by atoms with Crippen molar-refractivity contribution in [1.29, 1.82) is 0 Å². The zero-order valence-corrected chi connectivity index (χ0v) is 27.6. The van der Waals surface area contributed by atoms with E-state index >= 15 is 0 Å². The van der Waals surface area contributed by atoms with Gasteiger partial charge in [-0.25, -0.2) is 4.68 Å². The Morgan fingerprint density at radius 2 is 1.88 bits per heavy atom. The van der Waals surface area contributed by atoms with Crippen LogP contribution in [0.2, 0.25) is 0 Å². The Balaban J connectivity index is 0.00000231. The second kappa shape index (κ2) is 14.0. The van der Waals surface area contributed by atoms with Crippen LogP contribution in [-0.2, 0) is 35.8 Å². The normalized spacial score (nSPS) is 23.1. The van der Waals surface area contributed by atoms with Gasteiger partial charge in [-0.2, -0.15) is 0 Å². The van der Waals surface area contributed by atoms with Gasteiger partial charge in [0.25, 0.3) is 11.8 Å². The molecule has 0 radical (unpaired) electrons. The van der Waals surface area contributed by atoms with E-state index in [9.17, 15) is 34.2 Å². The largest absolute Gasteiger partial charge is 1.00 e. The van der Waals surface area contributed by atoms with Crippen LogP contribution >= 0.6 is 23.5 Å². The summed E-state index contributed by atoms with van der Waals surface area (Å²) >= 11 is 2.47. The van der Waals surface area contributed by atoms with Gasteiger partial charge in [-0.05, 0) is 21.6 Å². The first kappa shape index (κ1) is 33.5. The molecule has 4 heterocycles. The molecule has 1 aromatic heterocycles. The molecule has 2 N–H and O–H groups in total. The van der Waals surface area contributed by atoms with Crippen molar-refractivity contribution >= 4 is 53.2 Å². The fraction of sp³-hybridized carbons (Fsp3) is 0.364. The van der Waals surface area contributed by atoms with Gasteiger partial charge >= 0.3 is 59.1 Å². The van der Waals surface area contributed by atoms with E-state index < -0.39 is 59.3 Å². The van der Waals surface area contributed by atoms with E-state index in [0.717, 1.165) is 4.90 Å². The van der Waals surface area contributed by atoms with Crippen molar-refractivity contribution in [2.45, 2.75) is 34.8 Å². The summed E-state index contributed by atoms with van der Waals surface area (Å²) in [5.74, 6) is -4.83. The number of ether oxygens (including phenoxy) is 1. The molecule has 2 fully saturated rings. The monoisotopic (exact) mass is 619 g/mol. The smallest absolute Gasteiger partial charge is 0.547 e. The van der Waals surface area contributed by atoms with Gasteiger partial charge in [-0.15, -0.1) is 16.9 Å². The number of nitrogens with one attached hydrogen (secondary N) is 2. The van der Waals surface area contributed by atoms with Gasteiger partial charge in [-0.1, -0.05) is 42.1 Å². The molecule has 3 aliphatic rings. The van der Waals surface area contributed by atoms with Crippen LogP contribution in [0.15, 0.2) is 46.8 Å². The number of β-lactam (4-membered cyclic amide) rings is 1. The second-order valence-corrected chi connectivity index (χ2v) is 10.7. The Morgan fingerprint density at radius 1 is 1.17 bits per heavy atom. The van der Waals surface area contributed by atoms with Crippen LogP contribution in [0, 0.1) is 0 Å². The number of carbonyl (C=O) groups excluding carboxylic acids is 5. The molecular formula is C22H19N7Na2O8S2. The summed E-state index contributed by atoms with van der Waals surface area (Å²) in [6.07, 6.45) is -2.70. The average Bonchev–Trinajstić information content (AvgIpc) is 3.64. The van der Waals surface area contributed by atoms with Crippen molar-refractivity contribution in [3.8, 4) is 0 Å². The maximum Gasteiger partial charge on any atom is 1.00 e. The Hall–Kier alpha value is -1.96. The number of hydrogen-bond donors (Lipinski definition) is 2. The molecule has 5 rings (SSSR count). The second-order valence-electron chi connectivity index (χ2n) is 8.66. The van der Waals surface area contributed by atoms with Crippen LogP contribution in [0.4, 0.5) is 0 Å². The zero-order valence-electron chi connectivity index (χ0n) is 22.0. The molecule has 0 aliphatic carbocycles. The van der Waals surface area contributed by atoms with Crippen molar-refractivity contribution in [2.24, 2.45) is 7.05 Å². The summed E-state index contributed by atoms with van der Waals surface area (Å²) in [6, 6.07) is 5.79. The Labute approximate surface area is 285 Å². The minimum Gasteiger partial charge on any atom is -0.547 e. The molecule has 41 heavy (non-hydrogen) atoms. The molecule has 0 unspecified atom stereocenters. The molecule has 2 saturated heterocycles. The molecule has 3 amide bonds. The van der Waals surface area contributed by atoms with Crippen LogP contribution in [0.25, 0.3) is 0 Å². The van der Waals surface area contributed by atoms with Crippen molar-refractivity contribution < 1.29 is 98.0 Å². The third-order valence-electron chi connectivity index (χ3n) is 6.16. The maximum atomic E-state index is 13.3. The first-order valence-electron chi connectivity index (χ1n) is 11.4. The molecule has 3 aliphatic heterocycles. The predicted octanol–water partition coefficient (Wildman–Crippen LogP) is -9.91. The first-order chi connectivity index (χ1) is 18.7. The van der Waals surface area contributed by atoms with Gasteiger partial charge < -0.3 is 35.2 Å². The number of hydrogen-bond acceptors (Lipinski definition) is 13. The number of nitrogens with zero attached hydrogens (tertiary/aromatic N) is 5. The number of aryl methyl sites for hydroxylation is 1. The first-order valence-corrected chi connectivity index (χ1v) is 13.5. The number of amides is 3. The third-order valence-corrected chi connectivity index (χ3v) is 8.60. The molecule has 19 heteroatoms. The molecular weight excluding hydrogens is 600 g/mol. The molecule has 0 bridgehead atoms. The van der Waals surface area contributed by atoms with Crippen LogP contribution in [0.1, 0.15) is 11.6 Å². The van der Waals surface area contributed by atoms with Crippen LogP contribution < -0.4 is 80.0 Å². The summed E-state index contributed by atoms with van der Waals surface area (Å²) in [5, 5.41) is 38.8. The maximum absolute atomic E-state index is 13.3. The number of rotatable bonds is 10. The van der Waals surface area contributed by atoms with Gasteiger partial charge in [0.2, 0.25) is 11.1 Å². The fourth-order valence-corrected chi connectivity index (χ4v) is 6.51. The predicted molar refractivity (Wildman–Crippen MR) is 128 cm³/mol. The van der Waals surface area contributed by atoms with E-state index in [1.807, 2.05) is 0 Å². The van der Waals surface area contributed by atoms with Crippen LogP contribution in [-0.4, -0.2) is 89.9 Å². The molecule has 0 spiro atoms. The number of carbonyl (C=O) groups is 5. The van der Waals surface area contributed by atoms with Gasteiger partial charge in [0, 0.05) is 18.6 Å². The number of carboxylic acids is 2. The van der Waals surface area contributed by atoms with E-state index in [4.69, 9.17) is 4.74 Å². The van der Waals surface area contributed by atoms with Crippen molar-refractivity contribution in [3.63, 3.8) is 0 Å². The van der Waals surface area contributed by atoms with Crippen LogP contribution in [0.5, 0.6) is 0 Å². The third kappa shape index (κ3) is 7.00. The summed E-state index contributed by atoms with van der Waals surface area (Å²) in [5.41, 5.74) is 0.564. The number of tetrazole rings is 1. The topological polar surface area (TPSA) is 215 Å². The molecule has 2 aromatic rings. The Bertz CT molecular complexity index is 1390. The molecule has 204 valence electrons. The molecule has 0 saturated carbocycles. The number of aliphatic carboxylic acids is 2. The Morgan fingerprint density at radius 3 is 2.46 bits per heavy atom. The van der Waals surface area contributed by atoms with Crippen LogP contribution in [0.3, 0.4) is 0 Å². The van der Waals surface area contributed by atoms with E-state index in [2.05, 4.69) is 26.2 Å².